The Kier molecular flexibility index (Phi) is 5.63. The van der Waals surface area contributed by atoms with Crippen molar-refractivity contribution >= 4 is 31.8 Å². The molecule has 6 nitrogen and oxygen atoms in total. The lowest BCUT2D eigenvalue weighted by molar-refractivity contribution is -0.137. The highest BCUT2D eigenvalue weighted by Gasteiger charge is 2.29. The third kappa shape index (κ3) is 5.77. The number of halogens is 4. The second-order valence-electron chi connectivity index (χ2n) is 5.26. The lowest BCUT2D eigenvalue weighted by Crippen LogP contribution is -2.17. The molecule has 12 heteroatoms. The van der Waals surface area contributed by atoms with Gasteiger partial charge in [-0.15, -0.1) is 0 Å². The van der Waals surface area contributed by atoms with Crippen molar-refractivity contribution in [3.63, 3.8) is 0 Å². The Hall–Kier alpha value is -2.44. The third-order valence-corrected chi connectivity index (χ3v) is 5.15. The molecule has 0 aromatic heterocycles. The summed E-state index contributed by atoms with van der Waals surface area (Å²) in [6, 6.07) is 5.84. The zero-order chi connectivity index (χ0) is 20.5. The summed E-state index contributed by atoms with van der Waals surface area (Å²) in [5, 5.41) is 5.54. The molecule has 27 heavy (non-hydrogen) atoms. The van der Waals surface area contributed by atoms with E-state index in [2.05, 4.69) is 0 Å². The molecule has 2 aromatic carbocycles. The van der Waals surface area contributed by atoms with Gasteiger partial charge in [-0.1, -0.05) is 12.1 Å². The Morgan fingerprint density at radius 2 is 1.56 bits per heavy atom. The van der Waals surface area contributed by atoms with Gasteiger partial charge in [0.1, 0.15) is 10.7 Å². The molecular weight excluding hydrogens is 412 g/mol. The molecule has 0 heterocycles. The second-order valence-corrected chi connectivity index (χ2v) is 8.35. The van der Waals surface area contributed by atoms with Gasteiger partial charge in [-0.3, -0.25) is 4.72 Å². The summed E-state index contributed by atoms with van der Waals surface area (Å²) in [5.41, 5.74) is -1.37. The summed E-state index contributed by atoms with van der Waals surface area (Å²) >= 11 is 0. The van der Waals surface area contributed by atoms with E-state index in [1.54, 1.807) is 0 Å². The molecule has 0 amide bonds. The van der Waals surface area contributed by atoms with Crippen molar-refractivity contribution in [2.24, 2.45) is 5.14 Å². The van der Waals surface area contributed by atoms with Crippen molar-refractivity contribution in [3.05, 3.63) is 64.8 Å². The highest BCUT2D eigenvalue weighted by atomic mass is 32.2. The molecule has 0 saturated carbocycles. The number of benzene rings is 2. The molecule has 2 aromatic rings. The smallest absolute Gasteiger partial charge is 0.279 e. The van der Waals surface area contributed by atoms with Crippen molar-refractivity contribution in [1.29, 1.82) is 0 Å². The van der Waals surface area contributed by atoms with E-state index in [1.165, 1.54) is 0 Å². The third-order valence-electron chi connectivity index (χ3n) is 3.18. The first-order chi connectivity index (χ1) is 12.3. The van der Waals surface area contributed by atoms with Crippen LogP contribution >= 0.6 is 0 Å². The minimum absolute atomic E-state index is 0.138. The van der Waals surface area contributed by atoms with E-state index in [9.17, 15) is 34.4 Å². The van der Waals surface area contributed by atoms with E-state index in [-0.39, 0.29) is 5.56 Å². The van der Waals surface area contributed by atoms with Crippen LogP contribution in [0.25, 0.3) is 6.08 Å². The largest absolute Gasteiger partial charge is 0.416 e. The average Bonchev–Trinajstić information content (AvgIpc) is 2.51. The van der Waals surface area contributed by atoms with Crippen molar-refractivity contribution in [1.82, 2.24) is 0 Å². The fourth-order valence-electron chi connectivity index (χ4n) is 1.97. The highest BCUT2D eigenvalue weighted by molar-refractivity contribution is 7.95. The first kappa shape index (κ1) is 20.9. The highest BCUT2D eigenvalue weighted by Crippen LogP contribution is 2.29. The number of primary sulfonamides is 1. The predicted octanol–water partition coefficient (Wildman–Crippen LogP) is 2.90. The van der Waals surface area contributed by atoms with Gasteiger partial charge in [-0.25, -0.2) is 26.4 Å². The van der Waals surface area contributed by atoms with E-state index in [0.29, 0.717) is 11.5 Å². The summed E-state index contributed by atoms with van der Waals surface area (Å²) in [7, 11) is -8.64. The topological polar surface area (TPSA) is 106 Å². The SMILES string of the molecule is NS(=O)(=O)c1ccc(F)cc1NS(=O)(=O)C=Cc1ccc(C(F)(F)F)cc1. The maximum Gasteiger partial charge on any atom is 0.416 e. The molecule has 0 spiro atoms. The lowest BCUT2D eigenvalue weighted by atomic mass is 10.1. The summed E-state index contributed by atoms with van der Waals surface area (Å²) in [6.45, 7) is 0. The van der Waals surface area contributed by atoms with Crippen LogP contribution in [-0.2, 0) is 26.2 Å². The average molecular weight is 424 g/mol. The van der Waals surface area contributed by atoms with Crippen molar-refractivity contribution in [2.45, 2.75) is 11.1 Å². The lowest BCUT2D eigenvalue weighted by Gasteiger charge is -2.09. The Bertz CT molecular complexity index is 1080. The first-order valence-corrected chi connectivity index (χ1v) is 10.1. The molecule has 146 valence electrons. The van der Waals surface area contributed by atoms with Crippen molar-refractivity contribution < 1.29 is 34.4 Å². The molecule has 0 saturated heterocycles. The van der Waals surface area contributed by atoms with Crippen LogP contribution in [0.2, 0.25) is 0 Å². The van der Waals surface area contributed by atoms with Gasteiger partial charge in [-0.2, -0.15) is 13.2 Å². The zero-order valence-corrected chi connectivity index (χ0v) is 14.9. The fraction of sp³-hybridized carbons (Fsp3) is 0.0667. The molecule has 2 rings (SSSR count). The van der Waals surface area contributed by atoms with Gasteiger partial charge in [0.25, 0.3) is 10.0 Å². The molecule has 0 atom stereocenters. The van der Waals surface area contributed by atoms with Crippen LogP contribution in [-0.4, -0.2) is 16.8 Å². The van der Waals surface area contributed by atoms with Crippen LogP contribution in [0.4, 0.5) is 23.2 Å². The molecule has 0 fully saturated rings. The maximum atomic E-state index is 13.3. The van der Waals surface area contributed by atoms with E-state index in [0.717, 1.165) is 42.5 Å². The monoisotopic (exact) mass is 424 g/mol. The predicted molar refractivity (Wildman–Crippen MR) is 90.8 cm³/mol. The molecule has 0 radical (unpaired) electrons. The van der Waals surface area contributed by atoms with E-state index >= 15 is 0 Å². The van der Waals surface area contributed by atoms with Crippen LogP contribution in [0, 0.1) is 5.82 Å². The quantitative estimate of drug-likeness (QED) is 0.720. The number of rotatable bonds is 5. The summed E-state index contributed by atoms with van der Waals surface area (Å²) in [6.07, 6.45) is -3.55. The van der Waals surface area contributed by atoms with Gasteiger partial charge < -0.3 is 0 Å². The van der Waals surface area contributed by atoms with Gasteiger partial charge in [0.2, 0.25) is 10.0 Å². The zero-order valence-electron chi connectivity index (χ0n) is 13.2. The van der Waals surface area contributed by atoms with E-state index in [4.69, 9.17) is 5.14 Å². The van der Waals surface area contributed by atoms with Crippen LogP contribution in [0.15, 0.2) is 52.8 Å². The van der Waals surface area contributed by atoms with Crippen molar-refractivity contribution in [2.75, 3.05) is 4.72 Å². The number of anilines is 1. The van der Waals surface area contributed by atoms with Crippen LogP contribution < -0.4 is 9.86 Å². The van der Waals surface area contributed by atoms with Gasteiger partial charge in [0, 0.05) is 0 Å². The number of hydrogen-bond acceptors (Lipinski definition) is 4. The fourth-order valence-corrected chi connectivity index (χ4v) is 3.59. The van der Waals surface area contributed by atoms with Crippen LogP contribution in [0.5, 0.6) is 0 Å². The van der Waals surface area contributed by atoms with Gasteiger partial charge in [0.05, 0.1) is 16.7 Å². The van der Waals surface area contributed by atoms with Gasteiger partial charge >= 0.3 is 6.18 Å². The summed E-state index contributed by atoms with van der Waals surface area (Å²) < 4.78 is 99.6. The molecular formula is C15H12F4N2O4S2. The summed E-state index contributed by atoms with van der Waals surface area (Å²) in [5.74, 6) is -0.910. The Labute approximate surface area is 152 Å². The Morgan fingerprint density at radius 1 is 0.963 bits per heavy atom. The standard InChI is InChI=1S/C15H12F4N2O4S2/c16-12-5-6-14(27(20,24)25)13(9-12)21-26(22,23)8-7-10-1-3-11(4-2-10)15(17,18)19/h1-9,21H,(H2,20,24,25). The molecule has 0 aliphatic heterocycles. The molecule has 0 aliphatic rings. The van der Waals surface area contributed by atoms with Crippen molar-refractivity contribution in [3.8, 4) is 0 Å². The maximum absolute atomic E-state index is 13.3. The Morgan fingerprint density at radius 3 is 2.07 bits per heavy atom. The molecule has 3 N–H and O–H groups in total. The summed E-state index contributed by atoms with van der Waals surface area (Å²) in [4.78, 5) is -0.643. The number of nitrogens with two attached hydrogens (primary N) is 1. The number of hydrogen-bond donors (Lipinski definition) is 2. The van der Waals surface area contributed by atoms with E-state index in [1.807, 2.05) is 4.72 Å². The minimum atomic E-state index is -4.53. The van der Waals surface area contributed by atoms with E-state index < -0.39 is 48.2 Å². The molecule has 0 aliphatic carbocycles. The molecule has 0 bridgehead atoms. The number of alkyl halides is 3. The minimum Gasteiger partial charge on any atom is -0.279 e. The van der Waals surface area contributed by atoms with Crippen LogP contribution in [0.3, 0.4) is 0 Å². The number of nitrogens with one attached hydrogen (secondary N) is 1. The Balaban J connectivity index is 2.28. The number of sulfonamides is 2. The molecule has 0 unspecified atom stereocenters. The van der Waals surface area contributed by atoms with Gasteiger partial charge in [-0.05, 0) is 42.0 Å². The van der Waals surface area contributed by atoms with Crippen LogP contribution in [0.1, 0.15) is 11.1 Å². The second kappa shape index (κ2) is 7.29. The van der Waals surface area contributed by atoms with Gasteiger partial charge in [0.15, 0.2) is 0 Å². The normalized spacial score (nSPS) is 13.1. The first-order valence-electron chi connectivity index (χ1n) is 6.98.